The van der Waals surface area contributed by atoms with E-state index in [1.807, 2.05) is 30.3 Å². The molecule has 1 aromatic carbocycles. The Hall–Kier alpha value is -1.84. The number of carbonyl (C=O) groups is 2. The van der Waals surface area contributed by atoms with E-state index in [-0.39, 0.29) is 18.0 Å². The van der Waals surface area contributed by atoms with Gasteiger partial charge in [-0.1, -0.05) is 30.3 Å². The second-order valence-corrected chi connectivity index (χ2v) is 4.16. The lowest BCUT2D eigenvalue weighted by molar-refractivity contribution is -0.152. The summed E-state index contributed by atoms with van der Waals surface area (Å²) in [6, 6.07) is 9.41. The van der Waals surface area contributed by atoms with E-state index in [0.717, 1.165) is 5.56 Å². The van der Waals surface area contributed by atoms with Gasteiger partial charge in [0.05, 0.1) is 0 Å². The van der Waals surface area contributed by atoms with Crippen LogP contribution >= 0.6 is 0 Å². The van der Waals surface area contributed by atoms with Gasteiger partial charge < -0.3 is 9.47 Å². The molecule has 1 rings (SSSR count). The highest BCUT2D eigenvalue weighted by Gasteiger charge is 2.19. The molecule has 0 aliphatic carbocycles. The van der Waals surface area contributed by atoms with Crippen LogP contribution in [0.2, 0.25) is 0 Å². The Kier molecular flexibility index (Phi) is 5.36. The lowest BCUT2D eigenvalue weighted by Gasteiger charge is -2.21. The molecule has 4 nitrogen and oxygen atoms in total. The quantitative estimate of drug-likeness (QED) is 0.754. The summed E-state index contributed by atoms with van der Waals surface area (Å²) in [6.45, 7) is 4.51. The molecule has 0 N–H and O–H groups in total. The van der Waals surface area contributed by atoms with Gasteiger partial charge in [-0.25, -0.2) is 0 Å². The first-order chi connectivity index (χ1) is 8.49. The molecule has 0 unspecified atom stereocenters. The fourth-order valence-corrected chi connectivity index (χ4v) is 1.75. The minimum atomic E-state index is -0.391. The molecule has 18 heavy (non-hydrogen) atoms. The largest absolute Gasteiger partial charge is 0.463 e. The van der Waals surface area contributed by atoms with Crippen molar-refractivity contribution in [1.29, 1.82) is 0 Å². The number of esters is 2. The fraction of sp³-hybridized carbons (Fsp3) is 0.429. The van der Waals surface area contributed by atoms with Gasteiger partial charge in [0.1, 0.15) is 12.2 Å². The summed E-state index contributed by atoms with van der Waals surface area (Å²) in [5, 5.41) is 0. The van der Waals surface area contributed by atoms with E-state index in [1.54, 1.807) is 6.92 Å². The van der Waals surface area contributed by atoms with Crippen molar-refractivity contribution >= 4 is 11.9 Å². The van der Waals surface area contributed by atoms with Crippen LogP contribution in [0.25, 0.3) is 0 Å². The van der Waals surface area contributed by atoms with Gasteiger partial charge in [0.15, 0.2) is 0 Å². The molecule has 0 heterocycles. The molecule has 0 aromatic heterocycles. The summed E-state index contributed by atoms with van der Waals surface area (Å²) >= 11 is 0. The first kappa shape index (κ1) is 14.2. The van der Waals surface area contributed by atoms with E-state index in [4.69, 9.17) is 9.47 Å². The molecule has 0 saturated heterocycles. The Morgan fingerprint density at radius 2 is 1.61 bits per heavy atom. The first-order valence-electron chi connectivity index (χ1n) is 5.88. The van der Waals surface area contributed by atoms with E-state index >= 15 is 0 Å². The van der Waals surface area contributed by atoms with Crippen molar-refractivity contribution in [2.45, 2.75) is 39.4 Å². The van der Waals surface area contributed by atoms with E-state index in [1.165, 1.54) is 13.8 Å². The zero-order chi connectivity index (χ0) is 13.5. The number of hydrogen-bond acceptors (Lipinski definition) is 4. The summed E-state index contributed by atoms with van der Waals surface area (Å²) in [7, 11) is 0. The molecule has 0 aliphatic rings. The van der Waals surface area contributed by atoms with Crippen LogP contribution < -0.4 is 0 Å². The third kappa shape index (κ3) is 4.99. The van der Waals surface area contributed by atoms with Gasteiger partial charge in [-0.2, -0.15) is 0 Å². The summed E-state index contributed by atoms with van der Waals surface area (Å²) in [6.07, 6.45) is -0.242. The van der Waals surface area contributed by atoms with Crippen LogP contribution in [0.3, 0.4) is 0 Å². The number of ether oxygens (including phenoxy) is 2. The molecule has 98 valence electrons. The third-order valence-corrected chi connectivity index (χ3v) is 2.39. The zero-order valence-corrected chi connectivity index (χ0v) is 10.9. The lowest BCUT2D eigenvalue weighted by Crippen LogP contribution is -2.19. The van der Waals surface area contributed by atoms with Gasteiger partial charge in [0, 0.05) is 20.3 Å². The summed E-state index contributed by atoms with van der Waals surface area (Å²) in [5.74, 6) is -0.684. The van der Waals surface area contributed by atoms with Crippen LogP contribution in [-0.2, 0) is 19.1 Å². The predicted molar refractivity (Wildman–Crippen MR) is 66.8 cm³/mol. The highest BCUT2D eigenvalue weighted by atomic mass is 16.6. The highest BCUT2D eigenvalue weighted by molar-refractivity contribution is 5.66. The highest BCUT2D eigenvalue weighted by Crippen LogP contribution is 2.23. The maximum absolute atomic E-state index is 11.1. The average Bonchev–Trinajstić information content (AvgIpc) is 2.27. The van der Waals surface area contributed by atoms with E-state index in [0.29, 0.717) is 6.42 Å². The van der Waals surface area contributed by atoms with Crippen molar-refractivity contribution in [2.75, 3.05) is 0 Å². The molecule has 0 bridgehead atoms. The smallest absolute Gasteiger partial charge is 0.303 e. The molecule has 0 aliphatic heterocycles. The average molecular weight is 250 g/mol. The molecule has 0 amide bonds. The van der Waals surface area contributed by atoms with E-state index < -0.39 is 6.10 Å². The van der Waals surface area contributed by atoms with Gasteiger partial charge in [0.2, 0.25) is 0 Å². The molecule has 0 spiro atoms. The Labute approximate surface area is 107 Å². The Morgan fingerprint density at radius 3 is 2.11 bits per heavy atom. The molecule has 0 radical (unpaired) electrons. The van der Waals surface area contributed by atoms with E-state index in [9.17, 15) is 9.59 Å². The van der Waals surface area contributed by atoms with Gasteiger partial charge in [-0.3, -0.25) is 9.59 Å². The summed E-state index contributed by atoms with van der Waals surface area (Å²) < 4.78 is 10.3. The number of carbonyl (C=O) groups excluding carboxylic acids is 2. The van der Waals surface area contributed by atoms with Crippen molar-refractivity contribution in [3.8, 4) is 0 Å². The Balaban J connectivity index is 2.73. The zero-order valence-electron chi connectivity index (χ0n) is 10.9. The van der Waals surface area contributed by atoms with Crippen LogP contribution in [0.1, 0.15) is 38.9 Å². The summed E-state index contributed by atoms with van der Waals surface area (Å²) in [4.78, 5) is 22.0. The summed E-state index contributed by atoms with van der Waals surface area (Å²) in [5.41, 5.74) is 0.895. The molecule has 0 fully saturated rings. The van der Waals surface area contributed by atoms with Crippen LogP contribution in [0.4, 0.5) is 0 Å². The van der Waals surface area contributed by atoms with Crippen LogP contribution in [-0.4, -0.2) is 18.0 Å². The second-order valence-electron chi connectivity index (χ2n) is 4.16. The normalized spacial score (nSPS) is 13.5. The van der Waals surface area contributed by atoms with Crippen molar-refractivity contribution in [2.24, 2.45) is 0 Å². The van der Waals surface area contributed by atoms with Crippen LogP contribution in [0, 0.1) is 0 Å². The minimum absolute atomic E-state index is 0.299. The maximum atomic E-state index is 11.1. The van der Waals surface area contributed by atoms with Gasteiger partial charge in [-0.05, 0) is 12.5 Å². The van der Waals surface area contributed by atoms with E-state index in [2.05, 4.69) is 0 Å². The standard InChI is InChI=1S/C14H18O4/c1-10(17-11(2)15)9-14(18-12(3)16)13-7-5-4-6-8-13/h4-8,10,14H,9H2,1-3H3/t10-,14-/m0/s1. The van der Waals surface area contributed by atoms with Crippen LogP contribution in [0.5, 0.6) is 0 Å². The molecule has 1 aromatic rings. The molecule has 4 heteroatoms. The van der Waals surface area contributed by atoms with Crippen molar-refractivity contribution < 1.29 is 19.1 Å². The number of benzene rings is 1. The second kappa shape index (κ2) is 6.79. The fourth-order valence-electron chi connectivity index (χ4n) is 1.75. The number of rotatable bonds is 5. The SMILES string of the molecule is CC(=O)O[C@@H](C[C@H](C)OC(C)=O)c1ccccc1. The van der Waals surface area contributed by atoms with Crippen molar-refractivity contribution in [3.05, 3.63) is 35.9 Å². The lowest BCUT2D eigenvalue weighted by atomic mass is 10.0. The molecular weight excluding hydrogens is 232 g/mol. The van der Waals surface area contributed by atoms with Gasteiger partial charge in [0.25, 0.3) is 0 Å². The number of hydrogen-bond donors (Lipinski definition) is 0. The Morgan fingerprint density at radius 1 is 1.06 bits per heavy atom. The maximum Gasteiger partial charge on any atom is 0.303 e. The topological polar surface area (TPSA) is 52.6 Å². The minimum Gasteiger partial charge on any atom is -0.463 e. The monoisotopic (exact) mass is 250 g/mol. The van der Waals surface area contributed by atoms with Gasteiger partial charge >= 0.3 is 11.9 Å². The van der Waals surface area contributed by atoms with Crippen molar-refractivity contribution in [3.63, 3.8) is 0 Å². The van der Waals surface area contributed by atoms with Crippen LogP contribution in [0.15, 0.2) is 30.3 Å². The molecule has 0 saturated carbocycles. The molecule has 2 atom stereocenters. The Bertz CT molecular complexity index is 400. The van der Waals surface area contributed by atoms with Crippen molar-refractivity contribution in [1.82, 2.24) is 0 Å². The predicted octanol–water partition coefficient (Wildman–Crippen LogP) is 2.63. The third-order valence-electron chi connectivity index (χ3n) is 2.39. The first-order valence-corrected chi connectivity index (χ1v) is 5.88. The van der Waals surface area contributed by atoms with Gasteiger partial charge in [-0.15, -0.1) is 0 Å². The molecular formula is C14H18O4.